The van der Waals surface area contributed by atoms with E-state index in [9.17, 15) is 9.59 Å². The van der Waals surface area contributed by atoms with Crippen molar-refractivity contribution >= 4 is 12.1 Å². The Labute approximate surface area is 115 Å². The van der Waals surface area contributed by atoms with E-state index >= 15 is 0 Å². The van der Waals surface area contributed by atoms with Crippen molar-refractivity contribution in [2.45, 2.75) is 65.3 Å². The zero-order valence-corrected chi connectivity index (χ0v) is 12.3. The fourth-order valence-electron chi connectivity index (χ4n) is 1.79. The van der Waals surface area contributed by atoms with E-state index in [1.165, 1.54) is 0 Å². The van der Waals surface area contributed by atoms with Crippen molar-refractivity contribution in [1.29, 1.82) is 0 Å². The molecule has 0 aromatic rings. The Balaban J connectivity index is 4.10. The van der Waals surface area contributed by atoms with Gasteiger partial charge in [0.2, 0.25) is 0 Å². The lowest BCUT2D eigenvalue weighted by atomic mass is 9.96. The van der Waals surface area contributed by atoms with E-state index in [-0.39, 0.29) is 5.92 Å². The standard InChI is InChI=1S/C14H27NO4/c1-4-6-8-11(3)10-12(13(16)17)15-14(18)19-9-7-5-2/h11-12H,4-10H2,1-3H3,(H,15,18)(H,16,17). The van der Waals surface area contributed by atoms with Gasteiger partial charge in [0.15, 0.2) is 0 Å². The fourth-order valence-corrected chi connectivity index (χ4v) is 1.79. The summed E-state index contributed by atoms with van der Waals surface area (Å²) in [6, 6.07) is -0.860. The molecule has 5 heteroatoms. The second-order valence-corrected chi connectivity index (χ2v) is 5.01. The van der Waals surface area contributed by atoms with Gasteiger partial charge in [-0.15, -0.1) is 0 Å². The maximum atomic E-state index is 11.4. The van der Waals surface area contributed by atoms with Gasteiger partial charge in [-0.25, -0.2) is 9.59 Å². The topological polar surface area (TPSA) is 75.6 Å². The molecule has 0 saturated carbocycles. The molecule has 0 spiro atoms. The van der Waals surface area contributed by atoms with E-state index in [1.807, 2.05) is 13.8 Å². The number of nitrogens with one attached hydrogen (secondary N) is 1. The van der Waals surface area contributed by atoms with E-state index in [0.29, 0.717) is 13.0 Å². The van der Waals surface area contributed by atoms with Crippen LogP contribution in [0.2, 0.25) is 0 Å². The van der Waals surface area contributed by atoms with Crippen LogP contribution in [0.1, 0.15) is 59.3 Å². The molecule has 0 radical (unpaired) electrons. The number of carboxylic acid groups (broad SMARTS) is 1. The Hall–Kier alpha value is -1.26. The third-order valence-corrected chi connectivity index (χ3v) is 3.01. The summed E-state index contributed by atoms with van der Waals surface area (Å²) in [5.74, 6) is -0.729. The SMILES string of the molecule is CCCCOC(=O)NC(CC(C)CCCC)C(=O)O. The van der Waals surface area contributed by atoms with Crippen LogP contribution in [0.3, 0.4) is 0 Å². The van der Waals surface area contributed by atoms with Crippen LogP contribution in [-0.2, 0) is 9.53 Å². The minimum absolute atomic E-state index is 0.275. The van der Waals surface area contributed by atoms with E-state index in [0.717, 1.165) is 32.1 Å². The zero-order valence-electron chi connectivity index (χ0n) is 12.3. The highest BCUT2D eigenvalue weighted by atomic mass is 16.5. The minimum atomic E-state index is -1.00. The molecule has 112 valence electrons. The Morgan fingerprint density at radius 2 is 1.84 bits per heavy atom. The molecule has 0 heterocycles. The number of unbranched alkanes of at least 4 members (excludes halogenated alkanes) is 2. The number of aliphatic carboxylic acids is 1. The summed E-state index contributed by atoms with van der Waals surface area (Å²) >= 11 is 0. The second-order valence-electron chi connectivity index (χ2n) is 5.01. The summed E-state index contributed by atoms with van der Waals surface area (Å²) in [5.41, 5.74) is 0. The number of ether oxygens (including phenoxy) is 1. The Morgan fingerprint density at radius 1 is 1.21 bits per heavy atom. The summed E-state index contributed by atoms with van der Waals surface area (Å²) in [6.07, 6.45) is 4.68. The summed E-state index contributed by atoms with van der Waals surface area (Å²) < 4.78 is 4.91. The molecule has 0 aromatic heterocycles. The van der Waals surface area contributed by atoms with Gasteiger partial charge in [-0.3, -0.25) is 0 Å². The van der Waals surface area contributed by atoms with Crippen molar-refractivity contribution in [2.24, 2.45) is 5.92 Å². The van der Waals surface area contributed by atoms with E-state index < -0.39 is 18.1 Å². The molecule has 1 amide bonds. The van der Waals surface area contributed by atoms with E-state index in [1.54, 1.807) is 0 Å². The predicted octanol–water partition coefficient (Wildman–Crippen LogP) is 3.18. The van der Waals surface area contributed by atoms with Crippen LogP contribution >= 0.6 is 0 Å². The first kappa shape index (κ1) is 17.7. The van der Waals surface area contributed by atoms with Gasteiger partial charge in [-0.05, 0) is 18.8 Å². The molecule has 2 unspecified atom stereocenters. The average Bonchev–Trinajstić information content (AvgIpc) is 2.35. The molecular weight excluding hydrogens is 246 g/mol. The largest absolute Gasteiger partial charge is 0.480 e. The van der Waals surface area contributed by atoms with Gasteiger partial charge in [0.1, 0.15) is 6.04 Å². The van der Waals surface area contributed by atoms with Crippen LogP contribution in [0.25, 0.3) is 0 Å². The molecule has 0 aliphatic carbocycles. The van der Waals surface area contributed by atoms with Gasteiger partial charge in [0, 0.05) is 0 Å². The van der Waals surface area contributed by atoms with Crippen molar-refractivity contribution in [3.63, 3.8) is 0 Å². The normalized spacial score (nSPS) is 13.6. The molecule has 0 rings (SSSR count). The van der Waals surface area contributed by atoms with Gasteiger partial charge in [0.05, 0.1) is 6.61 Å². The number of amides is 1. The number of alkyl carbamates (subject to hydrolysis) is 1. The Morgan fingerprint density at radius 3 is 2.37 bits per heavy atom. The molecular formula is C14H27NO4. The highest BCUT2D eigenvalue weighted by molar-refractivity contribution is 5.79. The zero-order chi connectivity index (χ0) is 14.7. The van der Waals surface area contributed by atoms with Crippen LogP contribution in [0, 0.1) is 5.92 Å². The van der Waals surface area contributed by atoms with Crippen molar-refractivity contribution in [3.05, 3.63) is 0 Å². The van der Waals surface area contributed by atoms with Crippen LogP contribution in [-0.4, -0.2) is 29.8 Å². The smallest absolute Gasteiger partial charge is 0.407 e. The molecule has 2 atom stereocenters. The molecule has 0 aliphatic rings. The fraction of sp³-hybridized carbons (Fsp3) is 0.857. The highest BCUT2D eigenvalue weighted by Gasteiger charge is 2.22. The van der Waals surface area contributed by atoms with Gasteiger partial charge >= 0.3 is 12.1 Å². The number of hydrogen-bond acceptors (Lipinski definition) is 3. The summed E-state index contributed by atoms with van der Waals surface area (Å²) in [4.78, 5) is 22.5. The molecule has 0 aromatic carbocycles. The maximum Gasteiger partial charge on any atom is 0.407 e. The van der Waals surface area contributed by atoms with Crippen LogP contribution in [0.4, 0.5) is 4.79 Å². The number of carbonyl (C=O) groups excluding carboxylic acids is 1. The molecule has 0 saturated heterocycles. The lowest BCUT2D eigenvalue weighted by Gasteiger charge is -2.18. The lowest BCUT2D eigenvalue weighted by Crippen LogP contribution is -2.42. The van der Waals surface area contributed by atoms with E-state index in [2.05, 4.69) is 12.2 Å². The Bertz CT molecular complexity index is 268. The third-order valence-electron chi connectivity index (χ3n) is 3.01. The second kappa shape index (κ2) is 10.6. The van der Waals surface area contributed by atoms with Crippen LogP contribution < -0.4 is 5.32 Å². The maximum absolute atomic E-state index is 11.4. The van der Waals surface area contributed by atoms with Gasteiger partial charge < -0.3 is 15.2 Å². The molecule has 0 bridgehead atoms. The Kier molecular flexibility index (Phi) is 9.94. The monoisotopic (exact) mass is 273 g/mol. The third kappa shape index (κ3) is 9.33. The van der Waals surface area contributed by atoms with Crippen molar-refractivity contribution < 1.29 is 19.4 Å². The average molecular weight is 273 g/mol. The predicted molar refractivity (Wildman–Crippen MR) is 74.1 cm³/mol. The number of carbonyl (C=O) groups is 2. The first-order valence-electron chi connectivity index (χ1n) is 7.17. The van der Waals surface area contributed by atoms with Crippen molar-refractivity contribution in [2.75, 3.05) is 6.61 Å². The summed E-state index contributed by atoms with van der Waals surface area (Å²) in [6.45, 7) is 6.44. The highest BCUT2D eigenvalue weighted by Crippen LogP contribution is 2.14. The van der Waals surface area contributed by atoms with Gasteiger partial charge in [-0.1, -0.05) is 46.5 Å². The van der Waals surface area contributed by atoms with Gasteiger partial charge in [0.25, 0.3) is 0 Å². The van der Waals surface area contributed by atoms with Crippen molar-refractivity contribution in [1.82, 2.24) is 5.32 Å². The molecule has 0 fully saturated rings. The molecule has 19 heavy (non-hydrogen) atoms. The molecule has 0 aliphatic heterocycles. The minimum Gasteiger partial charge on any atom is -0.480 e. The van der Waals surface area contributed by atoms with Crippen LogP contribution in [0.5, 0.6) is 0 Å². The lowest BCUT2D eigenvalue weighted by molar-refractivity contribution is -0.139. The number of rotatable bonds is 10. The first-order chi connectivity index (χ1) is 9.01. The number of carboxylic acids is 1. The summed E-state index contributed by atoms with van der Waals surface area (Å²) in [5, 5.41) is 11.5. The molecule has 2 N–H and O–H groups in total. The van der Waals surface area contributed by atoms with Crippen molar-refractivity contribution in [3.8, 4) is 0 Å². The number of hydrogen-bond donors (Lipinski definition) is 2. The first-order valence-corrected chi connectivity index (χ1v) is 7.17. The summed E-state index contributed by atoms with van der Waals surface area (Å²) in [7, 11) is 0. The molecule has 5 nitrogen and oxygen atoms in total. The van der Waals surface area contributed by atoms with Gasteiger partial charge in [-0.2, -0.15) is 0 Å². The quantitative estimate of drug-likeness (QED) is 0.599. The van der Waals surface area contributed by atoms with E-state index in [4.69, 9.17) is 9.84 Å². The van der Waals surface area contributed by atoms with Crippen LogP contribution in [0.15, 0.2) is 0 Å².